The van der Waals surface area contributed by atoms with Crippen LogP contribution >= 0.6 is 11.6 Å². The summed E-state index contributed by atoms with van der Waals surface area (Å²) in [4.78, 5) is 32.1. The number of aromatic nitrogens is 4. The van der Waals surface area contributed by atoms with Crippen LogP contribution in [0.3, 0.4) is 0 Å². The quantitative estimate of drug-likeness (QED) is 0.243. The molecule has 1 fully saturated rings. The summed E-state index contributed by atoms with van der Waals surface area (Å²) in [7, 11) is 4.03. The zero-order chi connectivity index (χ0) is 30.1. The number of nitrogens with one attached hydrogen (secondary N) is 1. The fraction of sp³-hybridized carbons (Fsp3) is 0.273. The molecule has 220 valence electrons. The molecule has 0 aliphatic carbocycles. The van der Waals surface area contributed by atoms with E-state index in [1.165, 1.54) is 5.56 Å². The van der Waals surface area contributed by atoms with E-state index in [4.69, 9.17) is 16.3 Å². The van der Waals surface area contributed by atoms with Crippen molar-refractivity contribution >= 4 is 34.4 Å². The molecule has 5 aromatic rings. The lowest BCUT2D eigenvalue weighted by Gasteiger charge is -2.32. The third kappa shape index (κ3) is 6.39. The Balaban J connectivity index is 1.22. The van der Waals surface area contributed by atoms with E-state index < -0.39 is 0 Å². The van der Waals surface area contributed by atoms with Crippen LogP contribution in [0.1, 0.15) is 27.0 Å². The fourth-order valence-electron chi connectivity index (χ4n) is 5.23. The average Bonchev–Trinajstić information content (AvgIpc) is 3.37. The van der Waals surface area contributed by atoms with Crippen molar-refractivity contribution in [3.63, 3.8) is 0 Å². The van der Waals surface area contributed by atoms with E-state index in [0.29, 0.717) is 39.2 Å². The molecular weight excluding hydrogens is 562 g/mol. The monoisotopic (exact) mass is 595 g/mol. The minimum Gasteiger partial charge on any atom is -0.437 e. The Hall–Kier alpha value is -4.31. The number of halogens is 1. The molecule has 0 spiro atoms. The summed E-state index contributed by atoms with van der Waals surface area (Å²) in [5, 5.41) is 3.65. The number of carbonyl (C=O) groups is 1. The maximum atomic E-state index is 13.4. The highest BCUT2D eigenvalue weighted by atomic mass is 35.5. The molecule has 1 amide bonds. The van der Waals surface area contributed by atoms with Gasteiger partial charge >= 0.3 is 0 Å². The van der Waals surface area contributed by atoms with Crippen LogP contribution < -0.4 is 10.1 Å². The summed E-state index contributed by atoms with van der Waals surface area (Å²) in [6.07, 6.45) is 1.67. The van der Waals surface area contributed by atoms with Gasteiger partial charge in [0.05, 0.1) is 6.33 Å². The number of hydrogen-bond donors (Lipinski definition) is 1. The molecule has 1 saturated heterocycles. The van der Waals surface area contributed by atoms with Crippen LogP contribution in [0, 0.1) is 13.8 Å². The standard InChI is InChI=1S/C33H34ClN7O2/c1-21-8-11-27(43-33-29-31(40(4)20-35-29)37-30(38-33)23-6-5-7-25(34)17-23)18-28(21)32(42)36-26-10-9-24(22(2)16-26)19-41-14-12-39(3)13-15-41/h5-11,16-18,20H,12-15,19H2,1-4H3,(H,36,42). The van der Waals surface area contributed by atoms with Crippen molar-refractivity contribution in [2.24, 2.45) is 7.05 Å². The zero-order valence-corrected chi connectivity index (χ0v) is 25.5. The van der Waals surface area contributed by atoms with Crippen molar-refractivity contribution in [3.8, 4) is 23.0 Å². The fourth-order valence-corrected chi connectivity index (χ4v) is 5.42. The summed E-state index contributed by atoms with van der Waals surface area (Å²) in [5.74, 6) is 1.02. The second kappa shape index (κ2) is 12.1. The SMILES string of the molecule is Cc1cc(NC(=O)c2cc(Oc3nc(-c4cccc(Cl)c4)nc4c3ncn4C)ccc2C)ccc1CN1CCN(C)CC1. The number of carbonyl (C=O) groups excluding carboxylic acids is 1. The number of piperazine rings is 1. The Morgan fingerprint density at radius 2 is 1.77 bits per heavy atom. The number of rotatable bonds is 7. The number of hydrogen-bond acceptors (Lipinski definition) is 7. The van der Waals surface area contributed by atoms with Crippen molar-refractivity contribution in [1.82, 2.24) is 29.3 Å². The van der Waals surface area contributed by atoms with Gasteiger partial charge in [0.2, 0.25) is 0 Å². The number of nitrogens with zero attached hydrogens (tertiary/aromatic N) is 6. The lowest BCUT2D eigenvalue weighted by Crippen LogP contribution is -2.43. The summed E-state index contributed by atoms with van der Waals surface area (Å²) < 4.78 is 8.07. The van der Waals surface area contributed by atoms with E-state index in [-0.39, 0.29) is 5.91 Å². The first-order chi connectivity index (χ1) is 20.7. The molecule has 3 aromatic carbocycles. The normalized spacial score (nSPS) is 14.3. The van der Waals surface area contributed by atoms with Gasteiger partial charge in [-0.2, -0.15) is 4.98 Å². The molecule has 0 unspecified atom stereocenters. The van der Waals surface area contributed by atoms with E-state index in [0.717, 1.165) is 55.1 Å². The number of aryl methyl sites for hydroxylation is 3. The highest BCUT2D eigenvalue weighted by Crippen LogP contribution is 2.31. The van der Waals surface area contributed by atoms with Crippen molar-refractivity contribution in [3.05, 3.63) is 94.3 Å². The van der Waals surface area contributed by atoms with Crippen molar-refractivity contribution in [2.75, 3.05) is 38.5 Å². The molecule has 2 aromatic heterocycles. The second-order valence-electron chi connectivity index (χ2n) is 11.1. The largest absolute Gasteiger partial charge is 0.437 e. The number of ether oxygens (including phenoxy) is 1. The van der Waals surface area contributed by atoms with Crippen molar-refractivity contribution in [1.29, 1.82) is 0 Å². The van der Waals surface area contributed by atoms with Crippen LogP contribution in [-0.2, 0) is 13.6 Å². The molecule has 1 aliphatic rings. The Morgan fingerprint density at radius 3 is 2.53 bits per heavy atom. The van der Waals surface area contributed by atoms with Crippen LogP contribution in [0.5, 0.6) is 11.6 Å². The van der Waals surface area contributed by atoms with Gasteiger partial charge in [0.1, 0.15) is 5.75 Å². The highest BCUT2D eigenvalue weighted by Gasteiger charge is 2.18. The zero-order valence-electron chi connectivity index (χ0n) is 24.8. The molecule has 1 aliphatic heterocycles. The topological polar surface area (TPSA) is 88.4 Å². The summed E-state index contributed by atoms with van der Waals surface area (Å²) in [6.45, 7) is 9.22. The summed E-state index contributed by atoms with van der Waals surface area (Å²) in [6, 6.07) is 18.9. The predicted molar refractivity (Wildman–Crippen MR) is 170 cm³/mol. The van der Waals surface area contributed by atoms with Gasteiger partial charge in [-0.15, -0.1) is 0 Å². The number of likely N-dealkylation sites (N-methyl/N-ethyl adjacent to an activating group) is 1. The molecular formula is C33H34ClN7O2. The molecule has 0 bridgehead atoms. The van der Waals surface area contributed by atoms with E-state index in [9.17, 15) is 4.79 Å². The number of benzene rings is 3. The van der Waals surface area contributed by atoms with Gasteiger partial charge in [-0.25, -0.2) is 9.97 Å². The lowest BCUT2D eigenvalue weighted by atomic mass is 10.1. The van der Waals surface area contributed by atoms with Crippen molar-refractivity contribution in [2.45, 2.75) is 20.4 Å². The Morgan fingerprint density at radius 1 is 0.953 bits per heavy atom. The van der Waals surface area contributed by atoms with Crippen molar-refractivity contribution < 1.29 is 9.53 Å². The molecule has 0 radical (unpaired) electrons. The number of anilines is 1. The lowest BCUT2D eigenvalue weighted by molar-refractivity contribution is 0.102. The minimum absolute atomic E-state index is 0.209. The molecule has 6 rings (SSSR count). The average molecular weight is 596 g/mol. The Bertz CT molecular complexity index is 1810. The third-order valence-corrected chi connectivity index (χ3v) is 8.10. The van der Waals surface area contributed by atoms with Gasteiger partial charge in [0.25, 0.3) is 11.8 Å². The van der Waals surface area contributed by atoms with E-state index >= 15 is 0 Å². The van der Waals surface area contributed by atoms with Gasteiger partial charge in [-0.1, -0.05) is 35.9 Å². The number of fused-ring (bicyclic) bond motifs is 1. The highest BCUT2D eigenvalue weighted by molar-refractivity contribution is 6.30. The van der Waals surface area contributed by atoms with E-state index in [1.54, 1.807) is 24.5 Å². The Labute approximate surface area is 256 Å². The van der Waals surface area contributed by atoms with Gasteiger partial charge in [0, 0.05) is 61.6 Å². The molecule has 0 atom stereocenters. The number of imidazole rings is 1. The van der Waals surface area contributed by atoms with Gasteiger partial charge < -0.3 is 19.5 Å². The first-order valence-electron chi connectivity index (χ1n) is 14.3. The second-order valence-corrected chi connectivity index (χ2v) is 11.6. The predicted octanol–water partition coefficient (Wildman–Crippen LogP) is 6.09. The first kappa shape index (κ1) is 28.8. The smallest absolute Gasteiger partial charge is 0.256 e. The van der Waals surface area contributed by atoms with E-state index in [1.807, 2.05) is 54.9 Å². The molecule has 3 heterocycles. The van der Waals surface area contributed by atoms with Crippen LogP contribution in [-0.4, -0.2) is 68.5 Å². The molecule has 1 N–H and O–H groups in total. The minimum atomic E-state index is -0.209. The van der Waals surface area contributed by atoms with Gasteiger partial charge in [-0.3, -0.25) is 9.69 Å². The molecule has 9 nitrogen and oxygen atoms in total. The van der Waals surface area contributed by atoms with Crippen LogP contribution in [0.25, 0.3) is 22.6 Å². The Kier molecular flexibility index (Phi) is 8.12. The molecule has 0 saturated carbocycles. The van der Waals surface area contributed by atoms with Gasteiger partial charge in [-0.05, 0) is 74.0 Å². The van der Waals surface area contributed by atoms with E-state index in [2.05, 4.69) is 50.1 Å². The number of amides is 1. The van der Waals surface area contributed by atoms with Crippen LogP contribution in [0.15, 0.2) is 67.0 Å². The maximum absolute atomic E-state index is 13.4. The summed E-state index contributed by atoms with van der Waals surface area (Å²) in [5.41, 5.74) is 6.43. The van der Waals surface area contributed by atoms with Crippen LogP contribution in [0.2, 0.25) is 5.02 Å². The first-order valence-corrected chi connectivity index (χ1v) is 14.7. The van der Waals surface area contributed by atoms with Gasteiger partial charge in [0.15, 0.2) is 17.0 Å². The maximum Gasteiger partial charge on any atom is 0.256 e. The molecule has 43 heavy (non-hydrogen) atoms. The summed E-state index contributed by atoms with van der Waals surface area (Å²) >= 11 is 6.23. The van der Waals surface area contributed by atoms with Crippen LogP contribution in [0.4, 0.5) is 5.69 Å². The third-order valence-electron chi connectivity index (χ3n) is 7.87. The molecule has 10 heteroatoms.